The van der Waals surface area contributed by atoms with Crippen LogP contribution in [0.25, 0.3) is 0 Å². The zero-order valence-electron chi connectivity index (χ0n) is 11.0. The van der Waals surface area contributed by atoms with E-state index in [1.165, 1.54) is 6.26 Å². The van der Waals surface area contributed by atoms with Gasteiger partial charge in [0.1, 0.15) is 9.84 Å². The fraction of sp³-hybridized carbons (Fsp3) is 0.750. The third-order valence-corrected chi connectivity index (χ3v) is 4.32. The molecule has 0 radical (unpaired) electrons. The molecule has 0 bridgehead atoms. The summed E-state index contributed by atoms with van der Waals surface area (Å²) >= 11 is 1.63. The molecule has 0 amide bonds. The van der Waals surface area contributed by atoms with E-state index in [2.05, 4.69) is 25.8 Å². The number of thiazole rings is 1. The standard InChI is InChI=1S/C12H21NO2S2/c1-12(2,3)7-5-11-13-10(9-16-11)6-8-17(4,14)15/h9H,5-8H2,1-4H3. The van der Waals surface area contributed by atoms with Crippen molar-refractivity contribution in [3.05, 3.63) is 16.1 Å². The summed E-state index contributed by atoms with van der Waals surface area (Å²) in [7, 11) is -2.88. The minimum absolute atomic E-state index is 0.190. The molecule has 17 heavy (non-hydrogen) atoms. The van der Waals surface area contributed by atoms with Crippen molar-refractivity contribution in [3.63, 3.8) is 0 Å². The minimum atomic E-state index is -2.88. The van der Waals surface area contributed by atoms with Gasteiger partial charge in [-0.05, 0) is 18.3 Å². The van der Waals surface area contributed by atoms with Crippen LogP contribution in [0.4, 0.5) is 0 Å². The maximum atomic E-state index is 11.0. The molecule has 0 aliphatic rings. The first-order valence-corrected chi connectivity index (χ1v) is 8.71. The van der Waals surface area contributed by atoms with Gasteiger partial charge >= 0.3 is 0 Å². The van der Waals surface area contributed by atoms with Crippen molar-refractivity contribution in [2.45, 2.75) is 40.0 Å². The molecule has 1 aromatic rings. The van der Waals surface area contributed by atoms with Gasteiger partial charge in [-0.15, -0.1) is 11.3 Å². The van der Waals surface area contributed by atoms with E-state index in [-0.39, 0.29) is 5.75 Å². The van der Waals surface area contributed by atoms with Gasteiger partial charge in [-0.25, -0.2) is 13.4 Å². The first kappa shape index (κ1) is 14.6. The predicted molar refractivity (Wildman–Crippen MR) is 73.3 cm³/mol. The number of hydrogen-bond donors (Lipinski definition) is 0. The molecule has 0 saturated heterocycles. The molecule has 0 aromatic carbocycles. The van der Waals surface area contributed by atoms with Crippen LogP contribution in [0.3, 0.4) is 0 Å². The SMILES string of the molecule is CC(C)(C)CCc1nc(CCS(C)(=O)=O)cs1. The summed E-state index contributed by atoms with van der Waals surface area (Å²) in [5, 5.41) is 3.09. The highest BCUT2D eigenvalue weighted by Gasteiger charge is 2.12. The summed E-state index contributed by atoms with van der Waals surface area (Å²) in [6.45, 7) is 6.64. The molecular weight excluding hydrogens is 254 g/mol. The predicted octanol–water partition coefficient (Wildman–Crippen LogP) is 2.71. The van der Waals surface area contributed by atoms with Gasteiger partial charge in [0.05, 0.1) is 16.5 Å². The molecule has 3 nitrogen and oxygen atoms in total. The van der Waals surface area contributed by atoms with Crippen LogP contribution in [0.5, 0.6) is 0 Å². The largest absolute Gasteiger partial charge is 0.246 e. The highest BCUT2D eigenvalue weighted by atomic mass is 32.2. The van der Waals surface area contributed by atoms with Gasteiger partial charge in [-0.3, -0.25) is 0 Å². The number of aryl methyl sites for hydroxylation is 2. The second-order valence-corrected chi connectivity index (χ2v) is 8.88. The van der Waals surface area contributed by atoms with Crippen molar-refractivity contribution in [3.8, 4) is 0 Å². The lowest BCUT2D eigenvalue weighted by molar-refractivity contribution is 0.378. The molecule has 0 fully saturated rings. The molecule has 0 aliphatic carbocycles. The van der Waals surface area contributed by atoms with E-state index < -0.39 is 9.84 Å². The lowest BCUT2D eigenvalue weighted by atomic mass is 9.91. The Labute approximate surface area is 108 Å². The van der Waals surface area contributed by atoms with Crippen LogP contribution in [0, 0.1) is 5.41 Å². The Hall–Kier alpha value is -0.420. The molecule has 0 N–H and O–H groups in total. The summed E-state index contributed by atoms with van der Waals surface area (Å²) in [6, 6.07) is 0. The van der Waals surface area contributed by atoms with E-state index in [1.54, 1.807) is 11.3 Å². The van der Waals surface area contributed by atoms with E-state index in [0.29, 0.717) is 11.8 Å². The molecule has 0 spiro atoms. The van der Waals surface area contributed by atoms with Crippen LogP contribution in [0.15, 0.2) is 5.38 Å². The molecule has 0 aliphatic heterocycles. The smallest absolute Gasteiger partial charge is 0.147 e. The lowest BCUT2D eigenvalue weighted by Gasteiger charge is -2.16. The number of hydrogen-bond acceptors (Lipinski definition) is 4. The highest BCUT2D eigenvalue weighted by molar-refractivity contribution is 7.90. The molecule has 5 heteroatoms. The van der Waals surface area contributed by atoms with Gasteiger partial charge < -0.3 is 0 Å². The van der Waals surface area contributed by atoms with Crippen LogP contribution in [-0.4, -0.2) is 25.4 Å². The maximum Gasteiger partial charge on any atom is 0.147 e. The Morgan fingerprint density at radius 3 is 2.47 bits per heavy atom. The monoisotopic (exact) mass is 275 g/mol. The van der Waals surface area contributed by atoms with Crippen molar-refractivity contribution in [1.82, 2.24) is 4.98 Å². The molecule has 0 saturated carbocycles. The Bertz CT molecular complexity index is 455. The Balaban J connectivity index is 2.48. The normalized spacial score (nSPS) is 12.9. The number of rotatable bonds is 5. The molecule has 1 aromatic heterocycles. The number of sulfone groups is 1. The van der Waals surface area contributed by atoms with Crippen molar-refractivity contribution >= 4 is 21.2 Å². The van der Waals surface area contributed by atoms with Gasteiger partial charge in [0, 0.05) is 18.1 Å². The first-order chi connectivity index (χ1) is 7.66. The Kier molecular flexibility index (Phi) is 4.72. The topological polar surface area (TPSA) is 47.0 Å². The van der Waals surface area contributed by atoms with Crippen LogP contribution >= 0.6 is 11.3 Å². The van der Waals surface area contributed by atoms with Gasteiger partial charge in [-0.2, -0.15) is 0 Å². The average Bonchev–Trinajstić information content (AvgIpc) is 2.57. The minimum Gasteiger partial charge on any atom is -0.246 e. The van der Waals surface area contributed by atoms with Crippen LogP contribution < -0.4 is 0 Å². The third-order valence-electron chi connectivity index (χ3n) is 2.42. The Morgan fingerprint density at radius 2 is 1.94 bits per heavy atom. The van der Waals surface area contributed by atoms with E-state index in [0.717, 1.165) is 23.5 Å². The molecule has 0 atom stereocenters. The van der Waals surface area contributed by atoms with E-state index in [4.69, 9.17) is 0 Å². The van der Waals surface area contributed by atoms with Crippen LogP contribution in [0.2, 0.25) is 0 Å². The second kappa shape index (κ2) is 5.48. The van der Waals surface area contributed by atoms with Crippen molar-refractivity contribution in [2.75, 3.05) is 12.0 Å². The fourth-order valence-corrected chi connectivity index (χ4v) is 2.76. The van der Waals surface area contributed by atoms with Crippen molar-refractivity contribution in [2.24, 2.45) is 5.41 Å². The summed E-state index contributed by atoms with van der Waals surface area (Å²) in [4.78, 5) is 4.47. The zero-order valence-corrected chi connectivity index (χ0v) is 12.6. The highest BCUT2D eigenvalue weighted by Crippen LogP contribution is 2.23. The summed E-state index contributed by atoms with van der Waals surface area (Å²) in [6.07, 6.45) is 3.88. The van der Waals surface area contributed by atoms with E-state index in [9.17, 15) is 8.42 Å². The Morgan fingerprint density at radius 1 is 1.29 bits per heavy atom. The molecule has 1 rings (SSSR count). The van der Waals surface area contributed by atoms with Gasteiger partial charge in [0.2, 0.25) is 0 Å². The van der Waals surface area contributed by atoms with Crippen molar-refractivity contribution < 1.29 is 8.42 Å². The third kappa shape index (κ3) is 6.78. The fourth-order valence-electron chi connectivity index (χ4n) is 1.35. The zero-order chi connectivity index (χ0) is 13.1. The molecule has 98 valence electrons. The number of aromatic nitrogens is 1. The molecular formula is C12H21NO2S2. The average molecular weight is 275 g/mol. The summed E-state index contributed by atoms with van der Waals surface area (Å²) < 4.78 is 22.1. The second-order valence-electron chi connectivity index (χ2n) is 5.67. The van der Waals surface area contributed by atoms with Crippen molar-refractivity contribution in [1.29, 1.82) is 0 Å². The number of nitrogens with zero attached hydrogens (tertiary/aromatic N) is 1. The first-order valence-electron chi connectivity index (χ1n) is 5.77. The molecule has 1 heterocycles. The quantitative estimate of drug-likeness (QED) is 0.830. The maximum absolute atomic E-state index is 11.0. The van der Waals surface area contributed by atoms with Gasteiger partial charge in [0.25, 0.3) is 0 Å². The summed E-state index contributed by atoms with van der Waals surface area (Å²) in [5.41, 5.74) is 1.22. The van der Waals surface area contributed by atoms with E-state index in [1.807, 2.05) is 5.38 Å². The van der Waals surface area contributed by atoms with E-state index >= 15 is 0 Å². The van der Waals surface area contributed by atoms with Crippen LogP contribution in [-0.2, 0) is 22.7 Å². The van der Waals surface area contributed by atoms with Gasteiger partial charge in [-0.1, -0.05) is 20.8 Å². The van der Waals surface area contributed by atoms with Gasteiger partial charge in [0.15, 0.2) is 0 Å². The van der Waals surface area contributed by atoms with Crippen LogP contribution in [0.1, 0.15) is 37.9 Å². The molecule has 0 unspecified atom stereocenters. The lowest BCUT2D eigenvalue weighted by Crippen LogP contribution is -2.07. The summed E-state index contributed by atoms with van der Waals surface area (Å²) in [5.74, 6) is 0.190.